The largest absolute Gasteiger partial charge is 0.396 e. The van der Waals surface area contributed by atoms with Crippen LogP contribution in [-0.4, -0.2) is 31.1 Å². The molecule has 0 aromatic heterocycles. The smallest absolute Gasteiger partial charge is 0.101 e. The number of nitrogen functional groups attached to an aromatic ring is 1. The highest BCUT2D eigenvalue weighted by atomic mass is 15.1. The lowest BCUT2D eigenvalue weighted by atomic mass is 10.1. The average molecular weight is 244 g/mol. The number of nitrogens with one attached hydrogen (secondary N) is 1. The van der Waals surface area contributed by atoms with Crippen molar-refractivity contribution in [2.45, 2.75) is 19.3 Å². The molecule has 1 heterocycles. The van der Waals surface area contributed by atoms with E-state index < -0.39 is 0 Å². The van der Waals surface area contributed by atoms with Crippen LogP contribution in [-0.2, 0) is 0 Å². The van der Waals surface area contributed by atoms with Crippen LogP contribution in [0.15, 0.2) is 18.2 Å². The number of likely N-dealkylation sites (tertiary alicyclic amines) is 1. The van der Waals surface area contributed by atoms with Gasteiger partial charge >= 0.3 is 0 Å². The number of nitrogens with two attached hydrogens (primary N) is 1. The Labute approximate surface area is 108 Å². The van der Waals surface area contributed by atoms with Crippen molar-refractivity contribution in [1.29, 1.82) is 5.26 Å². The Hall–Kier alpha value is -1.73. The number of hydrogen-bond donors (Lipinski definition) is 2. The van der Waals surface area contributed by atoms with Crippen LogP contribution in [0.25, 0.3) is 0 Å². The minimum absolute atomic E-state index is 0.541. The Morgan fingerprint density at radius 2 is 2.11 bits per heavy atom. The fraction of sp³-hybridized carbons (Fsp3) is 0.500. The minimum atomic E-state index is 0.541. The summed E-state index contributed by atoms with van der Waals surface area (Å²) in [6.07, 6.45) is 3.78. The van der Waals surface area contributed by atoms with Crippen LogP contribution in [0.3, 0.4) is 0 Å². The maximum absolute atomic E-state index is 8.89. The Kier molecular flexibility index (Phi) is 4.43. The molecule has 0 saturated carbocycles. The second-order valence-corrected chi connectivity index (χ2v) is 4.71. The van der Waals surface area contributed by atoms with Gasteiger partial charge < -0.3 is 16.0 Å². The number of nitrogens with zero attached hydrogens (tertiary/aromatic N) is 2. The molecule has 0 amide bonds. The first-order valence-corrected chi connectivity index (χ1v) is 6.56. The summed E-state index contributed by atoms with van der Waals surface area (Å²) in [5.74, 6) is 0. The third kappa shape index (κ3) is 3.14. The third-order valence-corrected chi connectivity index (χ3v) is 3.39. The quantitative estimate of drug-likeness (QED) is 0.614. The highest BCUT2D eigenvalue weighted by Crippen LogP contribution is 2.21. The molecule has 0 bridgehead atoms. The zero-order valence-corrected chi connectivity index (χ0v) is 10.7. The van der Waals surface area contributed by atoms with Crippen LogP contribution in [0.1, 0.15) is 24.8 Å². The second kappa shape index (κ2) is 6.27. The lowest BCUT2D eigenvalue weighted by Crippen LogP contribution is -2.22. The third-order valence-electron chi connectivity index (χ3n) is 3.39. The van der Waals surface area contributed by atoms with Gasteiger partial charge in [0.1, 0.15) is 6.07 Å². The maximum Gasteiger partial charge on any atom is 0.101 e. The first-order chi connectivity index (χ1) is 8.81. The van der Waals surface area contributed by atoms with E-state index in [0.29, 0.717) is 11.3 Å². The maximum atomic E-state index is 8.89. The van der Waals surface area contributed by atoms with Crippen molar-refractivity contribution in [3.8, 4) is 6.07 Å². The van der Waals surface area contributed by atoms with E-state index in [9.17, 15) is 0 Å². The van der Waals surface area contributed by atoms with Gasteiger partial charge in [0, 0.05) is 6.54 Å². The minimum Gasteiger partial charge on any atom is -0.396 e. The van der Waals surface area contributed by atoms with Crippen molar-refractivity contribution >= 4 is 11.4 Å². The standard InChI is InChI=1S/C14H20N4/c15-11-12-5-3-6-13(14(12)16)17-7-4-10-18-8-1-2-9-18/h3,5-6,17H,1-2,4,7-10,16H2. The molecule has 0 radical (unpaired) electrons. The van der Waals surface area contributed by atoms with E-state index >= 15 is 0 Å². The van der Waals surface area contributed by atoms with Crippen LogP contribution >= 0.6 is 0 Å². The molecule has 4 nitrogen and oxygen atoms in total. The first kappa shape index (κ1) is 12.7. The van der Waals surface area contributed by atoms with E-state index in [2.05, 4.69) is 16.3 Å². The van der Waals surface area contributed by atoms with Crippen LogP contribution in [0.2, 0.25) is 0 Å². The lowest BCUT2D eigenvalue weighted by molar-refractivity contribution is 0.337. The molecular weight excluding hydrogens is 224 g/mol. The molecule has 0 aliphatic carbocycles. The van der Waals surface area contributed by atoms with E-state index in [1.165, 1.54) is 25.9 Å². The lowest BCUT2D eigenvalue weighted by Gasteiger charge is -2.15. The summed E-state index contributed by atoms with van der Waals surface area (Å²) in [5.41, 5.74) is 7.87. The van der Waals surface area contributed by atoms with Crippen molar-refractivity contribution in [3.63, 3.8) is 0 Å². The number of anilines is 2. The number of benzene rings is 1. The number of rotatable bonds is 5. The van der Waals surface area contributed by atoms with Crippen molar-refractivity contribution in [3.05, 3.63) is 23.8 Å². The predicted octanol–water partition coefficient (Wildman–Crippen LogP) is 2.04. The topological polar surface area (TPSA) is 65.1 Å². The molecule has 0 spiro atoms. The summed E-state index contributed by atoms with van der Waals surface area (Å²) in [7, 11) is 0. The monoisotopic (exact) mass is 244 g/mol. The Bertz CT molecular complexity index is 430. The number of hydrogen-bond acceptors (Lipinski definition) is 4. The molecule has 1 aliphatic heterocycles. The van der Waals surface area contributed by atoms with Gasteiger partial charge in [0.05, 0.1) is 16.9 Å². The van der Waals surface area contributed by atoms with Crippen molar-refractivity contribution < 1.29 is 0 Å². The summed E-state index contributed by atoms with van der Waals surface area (Å²) in [4.78, 5) is 2.50. The summed E-state index contributed by atoms with van der Waals surface area (Å²) in [6, 6.07) is 7.62. The normalized spacial score (nSPS) is 15.5. The molecular formula is C14H20N4. The van der Waals surface area contributed by atoms with E-state index in [0.717, 1.165) is 25.2 Å². The molecule has 0 atom stereocenters. The van der Waals surface area contributed by atoms with Crippen molar-refractivity contribution in [1.82, 2.24) is 4.90 Å². The molecule has 1 aromatic rings. The van der Waals surface area contributed by atoms with Gasteiger partial charge in [-0.1, -0.05) is 6.07 Å². The molecule has 1 saturated heterocycles. The first-order valence-electron chi connectivity index (χ1n) is 6.56. The summed E-state index contributed by atoms with van der Waals surface area (Å²) < 4.78 is 0. The van der Waals surface area contributed by atoms with Gasteiger partial charge in [-0.2, -0.15) is 5.26 Å². The van der Waals surface area contributed by atoms with E-state index in [1.807, 2.05) is 12.1 Å². The molecule has 4 heteroatoms. The van der Waals surface area contributed by atoms with Gasteiger partial charge in [0.25, 0.3) is 0 Å². The molecule has 18 heavy (non-hydrogen) atoms. The molecule has 96 valence electrons. The van der Waals surface area contributed by atoms with Crippen LogP contribution in [0.4, 0.5) is 11.4 Å². The van der Waals surface area contributed by atoms with Gasteiger partial charge in [-0.15, -0.1) is 0 Å². The highest BCUT2D eigenvalue weighted by Gasteiger charge is 2.10. The van der Waals surface area contributed by atoms with Gasteiger partial charge in [0.15, 0.2) is 0 Å². The van der Waals surface area contributed by atoms with E-state index in [-0.39, 0.29) is 0 Å². The SMILES string of the molecule is N#Cc1cccc(NCCCN2CCCC2)c1N. The van der Waals surface area contributed by atoms with Gasteiger partial charge in [-0.05, 0) is 51.0 Å². The van der Waals surface area contributed by atoms with Crippen molar-refractivity contribution in [2.75, 3.05) is 37.2 Å². The van der Waals surface area contributed by atoms with Gasteiger partial charge in [-0.25, -0.2) is 0 Å². The van der Waals surface area contributed by atoms with Crippen LogP contribution in [0, 0.1) is 11.3 Å². The predicted molar refractivity (Wildman–Crippen MR) is 74.4 cm³/mol. The molecule has 0 unspecified atom stereocenters. The van der Waals surface area contributed by atoms with Gasteiger partial charge in [0.2, 0.25) is 0 Å². The Balaban J connectivity index is 1.78. The molecule has 2 rings (SSSR count). The molecule has 3 N–H and O–H groups in total. The van der Waals surface area contributed by atoms with Crippen LogP contribution < -0.4 is 11.1 Å². The zero-order chi connectivity index (χ0) is 12.8. The molecule has 1 aromatic carbocycles. The Morgan fingerprint density at radius 1 is 1.33 bits per heavy atom. The summed E-state index contributed by atoms with van der Waals surface area (Å²) in [6.45, 7) is 4.53. The molecule has 1 fully saturated rings. The molecule has 1 aliphatic rings. The fourth-order valence-corrected chi connectivity index (χ4v) is 2.35. The Morgan fingerprint density at radius 3 is 2.83 bits per heavy atom. The second-order valence-electron chi connectivity index (χ2n) is 4.71. The summed E-state index contributed by atoms with van der Waals surface area (Å²) in [5, 5.41) is 12.2. The van der Waals surface area contributed by atoms with E-state index in [1.54, 1.807) is 6.07 Å². The highest BCUT2D eigenvalue weighted by molar-refractivity contribution is 5.72. The van der Waals surface area contributed by atoms with E-state index in [4.69, 9.17) is 11.0 Å². The zero-order valence-electron chi connectivity index (χ0n) is 10.7. The van der Waals surface area contributed by atoms with Gasteiger partial charge in [-0.3, -0.25) is 0 Å². The number of nitriles is 1. The van der Waals surface area contributed by atoms with Crippen molar-refractivity contribution in [2.24, 2.45) is 0 Å². The fourth-order valence-electron chi connectivity index (χ4n) is 2.35. The number of para-hydroxylation sites is 1. The average Bonchev–Trinajstić information content (AvgIpc) is 2.89. The summed E-state index contributed by atoms with van der Waals surface area (Å²) >= 11 is 0. The van der Waals surface area contributed by atoms with Crippen LogP contribution in [0.5, 0.6) is 0 Å².